The zero-order valence-electron chi connectivity index (χ0n) is 10.3. The van der Waals surface area contributed by atoms with Crippen LogP contribution in [0.25, 0.3) is 10.9 Å². The molecule has 0 unspecified atom stereocenters. The minimum atomic E-state index is -0.0456. The van der Waals surface area contributed by atoms with Crippen molar-refractivity contribution in [3.8, 4) is 0 Å². The molecule has 3 nitrogen and oxygen atoms in total. The van der Waals surface area contributed by atoms with Crippen molar-refractivity contribution in [1.29, 1.82) is 0 Å². The van der Waals surface area contributed by atoms with Gasteiger partial charge in [0.1, 0.15) is 5.82 Å². The summed E-state index contributed by atoms with van der Waals surface area (Å²) in [5.41, 5.74) is 0.646. The number of alkyl halides is 1. The molecule has 0 N–H and O–H groups in total. The van der Waals surface area contributed by atoms with E-state index in [1.54, 1.807) is 22.0 Å². The second kappa shape index (κ2) is 5.68. The molecule has 0 saturated carbocycles. The van der Waals surface area contributed by atoms with Crippen LogP contribution in [0.2, 0.25) is 0 Å². The zero-order valence-corrected chi connectivity index (χ0v) is 13.5. The largest absolute Gasteiger partial charge is 0.290 e. The fraction of sp³-hybridized carbons (Fsp3) is 0.143. The van der Waals surface area contributed by atoms with Gasteiger partial charge in [-0.15, -0.1) is 22.9 Å². The van der Waals surface area contributed by atoms with Gasteiger partial charge in [0.2, 0.25) is 0 Å². The first-order valence-electron chi connectivity index (χ1n) is 5.96. The maximum absolute atomic E-state index is 12.6. The number of hydrogen-bond acceptors (Lipinski definition) is 3. The lowest BCUT2D eigenvalue weighted by atomic mass is 10.2. The van der Waals surface area contributed by atoms with Crippen LogP contribution in [-0.2, 0) is 12.4 Å². The number of nitrogens with zero attached hydrogens (tertiary/aromatic N) is 2. The molecular formula is C14H10BrClN2OS. The van der Waals surface area contributed by atoms with Crippen molar-refractivity contribution in [2.24, 2.45) is 0 Å². The highest BCUT2D eigenvalue weighted by Crippen LogP contribution is 2.21. The lowest BCUT2D eigenvalue weighted by Gasteiger charge is -2.10. The average molecular weight is 370 g/mol. The number of para-hydroxylation sites is 1. The molecule has 102 valence electrons. The van der Waals surface area contributed by atoms with Crippen molar-refractivity contribution < 1.29 is 0 Å². The number of rotatable bonds is 3. The summed E-state index contributed by atoms with van der Waals surface area (Å²) in [6.45, 7) is 0.495. The summed E-state index contributed by atoms with van der Waals surface area (Å²) >= 11 is 11.0. The van der Waals surface area contributed by atoms with Gasteiger partial charge in [-0.3, -0.25) is 9.36 Å². The van der Waals surface area contributed by atoms with Gasteiger partial charge in [-0.25, -0.2) is 4.98 Å². The van der Waals surface area contributed by atoms with E-state index in [4.69, 9.17) is 11.6 Å². The molecule has 2 heterocycles. The molecule has 0 bridgehead atoms. The molecule has 0 radical (unpaired) electrons. The number of thiophene rings is 1. The molecule has 0 atom stereocenters. The van der Waals surface area contributed by atoms with Crippen molar-refractivity contribution in [3.63, 3.8) is 0 Å². The third kappa shape index (κ3) is 2.53. The van der Waals surface area contributed by atoms with E-state index in [1.807, 2.05) is 29.6 Å². The van der Waals surface area contributed by atoms with Gasteiger partial charge in [0.25, 0.3) is 5.56 Å². The first-order valence-corrected chi connectivity index (χ1v) is 8.17. The average Bonchev–Trinajstić information content (AvgIpc) is 2.87. The second-order valence-corrected chi connectivity index (χ2v) is 6.48. The molecule has 6 heteroatoms. The molecule has 1 aromatic carbocycles. The smallest absolute Gasteiger partial charge is 0.261 e. The van der Waals surface area contributed by atoms with Crippen molar-refractivity contribution in [2.45, 2.75) is 12.4 Å². The summed E-state index contributed by atoms with van der Waals surface area (Å²) in [7, 11) is 0. The lowest BCUT2D eigenvalue weighted by molar-refractivity contribution is 0.714. The number of halogens is 2. The molecule has 3 rings (SSSR count). The Morgan fingerprint density at radius 1 is 1.35 bits per heavy atom. The highest BCUT2D eigenvalue weighted by Gasteiger charge is 2.11. The van der Waals surface area contributed by atoms with E-state index >= 15 is 0 Å². The van der Waals surface area contributed by atoms with E-state index in [0.29, 0.717) is 23.3 Å². The second-order valence-electron chi connectivity index (χ2n) is 4.30. The molecule has 0 spiro atoms. The van der Waals surface area contributed by atoms with Crippen LogP contribution in [0.3, 0.4) is 0 Å². The molecule has 3 aromatic rings. The molecule has 0 saturated heterocycles. The minimum absolute atomic E-state index is 0.0456. The highest BCUT2D eigenvalue weighted by molar-refractivity contribution is 9.10. The molecule has 0 fully saturated rings. The van der Waals surface area contributed by atoms with Crippen molar-refractivity contribution in [2.75, 3.05) is 0 Å². The van der Waals surface area contributed by atoms with Crippen molar-refractivity contribution >= 4 is 49.8 Å². The van der Waals surface area contributed by atoms with Crippen LogP contribution < -0.4 is 5.56 Å². The van der Waals surface area contributed by atoms with Crippen molar-refractivity contribution in [3.05, 3.63) is 61.2 Å². The van der Waals surface area contributed by atoms with E-state index in [-0.39, 0.29) is 11.4 Å². The van der Waals surface area contributed by atoms with Gasteiger partial charge in [0.05, 0.1) is 23.3 Å². The van der Waals surface area contributed by atoms with Gasteiger partial charge in [-0.2, -0.15) is 0 Å². The van der Waals surface area contributed by atoms with E-state index < -0.39 is 0 Å². The maximum Gasteiger partial charge on any atom is 0.261 e. The third-order valence-electron chi connectivity index (χ3n) is 3.00. The quantitative estimate of drug-likeness (QED) is 0.654. The topological polar surface area (TPSA) is 34.9 Å². The SMILES string of the molecule is O=c1c2ccccc2nc(CCl)n1Cc1cc(Br)cs1. The molecule has 20 heavy (non-hydrogen) atoms. The Labute approximate surface area is 133 Å². The van der Waals surface area contributed by atoms with Gasteiger partial charge in [0.15, 0.2) is 0 Å². The standard InChI is InChI=1S/C14H10BrClN2OS/c15-9-5-10(20-8-9)7-18-13(6-16)17-12-4-2-1-3-11(12)14(18)19/h1-5,8H,6-7H2. The molecular weight excluding hydrogens is 360 g/mol. The Balaban J connectivity index is 2.18. The summed E-state index contributed by atoms with van der Waals surface area (Å²) < 4.78 is 2.67. The third-order valence-corrected chi connectivity index (χ3v) is 4.92. The Morgan fingerprint density at radius 3 is 2.85 bits per heavy atom. The Bertz CT molecular complexity index is 827. The summed E-state index contributed by atoms with van der Waals surface area (Å²) in [5.74, 6) is 0.812. The summed E-state index contributed by atoms with van der Waals surface area (Å²) in [6.07, 6.45) is 0. The summed E-state index contributed by atoms with van der Waals surface area (Å²) in [4.78, 5) is 18.1. The fourth-order valence-corrected chi connectivity index (χ4v) is 3.71. The Hall–Kier alpha value is -1.17. The zero-order chi connectivity index (χ0) is 14.1. The van der Waals surface area contributed by atoms with Crippen LogP contribution in [-0.4, -0.2) is 9.55 Å². The predicted molar refractivity (Wildman–Crippen MR) is 86.7 cm³/mol. The monoisotopic (exact) mass is 368 g/mol. The van der Waals surface area contributed by atoms with E-state index in [1.165, 1.54) is 0 Å². The van der Waals surface area contributed by atoms with Crippen LogP contribution in [0, 0.1) is 0 Å². The Morgan fingerprint density at radius 2 is 2.15 bits per heavy atom. The normalized spacial score (nSPS) is 11.1. The Kier molecular flexibility index (Phi) is 3.92. The minimum Gasteiger partial charge on any atom is -0.290 e. The molecule has 0 aliphatic carbocycles. The van der Waals surface area contributed by atoms with Gasteiger partial charge in [-0.05, 0) is 34.1 Å². The number of fused-ring (bicyclic) bond motifs is 1. The van der Waals surface area contributed by atoms with Crippen LogP contribution in [0.1, 0.15) is 10.7 Å². The van der Waals surface area contributed by atoms with Crippen LogP contribution in [0.15, 0.2) is 45.0 Å². The summed E-state index contributed by atoms with van der Waals surface area (Å²) in [6, 6.07) is 9.35. The fourth-order valence-electron chi connectivity index (χ4n) is 2.07. The number of hydrogen-bond donors (Lipinski definition) is 0. The van der Waals surface area contributed by atoms with Crippen LogP contribution >= 0.6 is 38.9 Å². The molecule has 0 aliphatic rings. The number of aromatic nitrogens is 2. The molecule has 0 aliphatic heterocycles. The summed E-state index contributed by atoms with van der Waals surface area (Å²) in [5, 5.41) is 2.62. The van der Waals surface area contributed by atoms with Gasteiger partial charge in [0, 0.05) is 14.7 Å². The van der Waals surface area contributed by atoms with Crippen molar-refractivity contribution in [1.82, 2.24) is 9.55 Å². The highest BCUT2D eigenvalue weighted by atomic mass is 79.9. The lowest BCUT2D eigenvalue weighted by Crippen LogP contribution is -2.25. The van der Waals surface area contributed by atoms with Gasteiger partial charge < -0.3 is 0 Å². The number of benzene rings is 1. The van der Waals surface area contributed by atoms with E-state index in [2.05, 4.69) is 20.9 Å². The van der Waals surface area contributed by atoms with Gasteiger partial charge >= 0.3 is 0 Å². The first-order chi connectivity index (χ1) is 9.69. The van der Waals surface area contributed by atoms with E-state index in [0.717, 1.165) is 9.35 Å². The molecule has 0 amide bonds. The maximum atomic E-state index is 12.6. The van der Waals surface area contributed by atoms with E-state index in [9.17, 15) is 4.79 Å². The van der Waals surface area contributed by atoms with Gasteiger partial charge in [-0.1, -0.05) is 12.1 Å². The van der Waals surface area contributed by atoms with Crippen LogP contribution in [0.4, 0.5) is 0 Å². The molecule has 2 aromatic heterocycles. The first kappa shape index (κ1) is 13.8. The predicted octanol–water partition coefficient (Wildman–Crippen LogP) is 4.01. The van der Waals surface area contributed by atoms with Crippen LogP contribution in [0.5, 0.6) is 0 Å².